The van der Waals surface area contributed by atoms with Gasteiger partial charge in [0.1, 0.15) is 4.32 Å². The second kappa shape index (κ2) is 6.41. The number of carbonyl (C=O) groups excluding carboxylic acids is 1. The summed E-state index contributed by atoms with van der Waals surface area (Å²) in [4.78, 5) is 27.3. The number of rotatable bonds is 3. The van der Waals surface area contributed by atoms with Crippen LogP contribution in [0, 0.1) is 6.92 Å². The molecule has 1 fully saturated rings. The van der Waals surface area contributed by atoms with Crippen molar-refractivity contribution in [2.24, 2.45) is 7.05 Å². The number of carbonyl (C=O) groups is 1. The highest BCUT2D eigenvalue weighted by Gasteiger charge is 2.31. The van der Waals surface area contributed by atoms with E-state index in [-0.39, 0.29) is 11.5 Å². The van der Waals surface area contributed by atoms with E-state index in [0.29, 0.717) is 21.3 Å². The van der Waals surface area contributed by atoms with Gasteiger partial charge in [-0.25, -0.2) is 4.68 Å². The van der Waals surface area contributed by atoms with Crippen LogP contribution in [0.1, 0.15) is 18.2 Å². The Bertz CT molecular complexity index is 910. The lowest BCUT2D eigenvalue weighted by Crippen LogP contribution is -2.27. The molecule has 2 heterocycles. The molecule has 1 aliphatic rings. The van der Waals surface area contributed by atoms with Gasteiger partial charge in [-0.05, 0) is 32.1 Å². The maximum absolute atomic E-state index is 12.9. The summed E-state index contributed by atoms with van der Waals surface area (Å²) in [6, 6.07) is 9.43. The zero-order chi connectivity index (χ0) is 17.4. The quantitative estimate of drug-likeness (QED) is 0.624. The number of amides is 1. The van der Waals surface area contributed by atoms with Gasteiger partial charge in [0.2, 0.25) is 0 Å². The summed E-state index contributed by atoms with van der Waals surface area (Å²) < 4.78 is 3.93. The third kappa shape index (κ3) is 2.63. The van der Waals surface area contributed by atoms with Crippen molar-refractivity contribution in [3.8, 4) is 5.69 Å². The van der Waals surface area contributed by atoms with Gasteiger partial charge >= 0.3 is 0 Å². The number of thiocarbonyl (C=S) groups is 1. The first kappa shape index (κ1) is 16.7. The number of nitrogens with zero attached hydrogens (tertiary/aromatic N) is 3. The number of aromatic nitrogens is 2. The average Bonchev–Trinajstić information content (AvgIpc) is 2.96. The fourth-order valence-corrected chi connectivity index (χ4v) is 4.02. The lowest BCUT2D eigenvalue weighted by Gasteiger charge is -2.09. The summed E-state index contributed by atoms with van der Waals surface area (Å²) in [5.74, 6) is -0.138. The maximum atomic E-state index is 12.9. The van der Waals surface area contributed by atoms with Crippen LogP contribution in [0.25, 0.3) is 11.8 Å². The van der Waals surface area contributed by atoms with E-state index in [1.807, 2.05) is 51.2 Å². The standard InChI is InChI=1S/C17H17N3O2S2/c1-4-19-16(22)14(24-17(19)23)10-13-11(2)18(3)20(15(13)21)12-8-6-5-7-9-12/h5-10H,4H2,1-3H3/b14-10-. The van der Waals surface area contributed by atoms with Crippen molar-refractivity contribution in [2.45, 2.75) is 13.8 Å². The summed E-state index contributed by atoms with van der Waals surface area (Å²) in [5.41, 5.74) is 1.94. The molecule has 1 saturated heterocycles. The molecular formula is C17H17N3O2S2. The number of para-hydroxylation sites is 1. The van der Waals surface area contributed by atoms with Crippen molar-refractivity contribution in [1.29, 1.82) is 0 Å². The van der Waals surface area contributed by atoms with Gasteiger partial charge in [0, 0.05) is 19.3 Å². The number of hydrogen-bond acceptors (Lipinski definition) is 4. The third-order valence-corrected chi connectivity index (χ3v) is 5.44. The van der Waals surface area contributed by atoms with Crippen molar-refractivity contribution in [2.75, 3.05) is 6.54 Å². The lowest BCUT2D eigenvalue weighted by atomic mass is 10.2. The first-order chi connectivity index (χ1) is 11.5. The van der Waals surface area contributed by atoms with Crippen molar-refractivity contribution in [1.82, 2.24) is 14.3 Å². The Hall–Kier alpha value is -2.12. The molecule has 0 aliphatic carbocycles. The Balaban J connectivity index is 2.12. The molecule has 124 valence electrons. The summed E-state index contributed by atoms with van der Waals surface area (Å²) in [7, 11) is 1.83. The smallest absolute Gasteiger partial charge is 0.278 e. The predicted molar refractivity (Wildman–Crippen MR) is 101 cm³/mol. The molecule has 24 heavy (non-hydrogen) atoms. The van der Waals surface area contributed by atoms with E-state index < -0.39 is 0 Å². The van der Waals surface area contributed by atoms with Crippen LogP contribution < -0.4 is 5.56 Å². The molecule has 0 spiro atoms. The molecule has 0 radical (unpaired) electrons. The predicted octanol–water partition coefficient (Wildman–Crippen LogP) is 2.71. The van der Waals surface area contributed by atoms with Gasteiger partial charge < -0.3 is 0 Å². The van der Waals surface area contributed by atoms with Gasteiger partial charge in [-0.2, -0.15) is 0 Å². The van der Waals surface area contributed by atoms with Crippen molar-refractivity contribution in [3.63, 3.8) is 0 Å². The van der Waals surface area contributed by atoms with Gasteiger partial charge in [-0.1, -0.05) is 42.2 Å². The lowest BCUT2D eigenvalue weighted by molar-refractivity contribution is -0.121. The molecule has 7 heteroatoms. The van der Waals surface area contributed by atoms with Crippen LogP contribution >= 0.6 is 24.0 Å². The minimum Gasteiger partial charge on any atom is -0.293 e. The Kier molecular flexibility index (Phi) is 4.47. The fraction of sp³-hybridized carbons (Fsp3) is 0.235. The van der Waals surface area contributed by atoms with Crippen LogP contribution in [-0.4, -0.2) is 31.0 Å². The monoisotopic (exact) mass is 359 g/mol. The van der Waals surface area contributed by atoms with Crippen LogP contribution in [0.5, 0.6) is 0 Å². The van der Waals surface area contributed by atoms with E-state index in [9.17, 15) is 9.59 Å². The van der Waals surface area contributed by atoms with Crippen LogP contribution in [0.4, 0.5) is 0 Å². The molecule has 0 saturated carbocycles. The minimum absolute atomic E-state index is 0.138. The Morgan fingerprint density at radius 2 is 1.88 bits per heavy atom. The van der Waals surface area contributed by atoms with Gasteiger partial charge in [-0.15, -0.1) is 0 Å². The van der Waals surface area contributed by atoms with Crippen LogP contribution in [0.15, 0.2) is 40.0 Å². The van der Waals surface area contributed by atoms with Crippen LogP contribution in [0.2, 0.25) is 0 Å². The van der Waals surface area contributed by atoms with Gasteiger partial charge in [0.15, 0.2) is 0 Å². The zero-order valence-corrected chi connectivity index (χ0v) is 15.3. The maximum Gasteiger partial charge on any atom is 0.278 e. The average molecular weight is 359 g/mol. The van der Waals surface area contributed by atoms with E-state index in [0.717, 1.165) is 11.4 Å². The van der Waals surface area contributed by atoms with Crippen molar-refractivity contribution in [3.05, 3.63) is 56.8 Å². The van der Waals surface area contributed by atoms with Crippen molar-refractivity contribution < 1.29 is 4.79 Å². The summed E-state index contributed by atoms with van der Waals surface area (Å²) in [6.45, 7) is 4.28. The Labute approximate surface area is 149 Å². The molecule has 0 bridgehead atoms. The van der Waals surface area contributed by atoms with E-state index in [1.54, 1.807) is 20.3 Å². The zero-order valence-electron chi connectivity index (χ0n) is 13.6. The number of hydrogen-bond donors (Lipinski definition) is 0. The summed E-state index contributed by atoms with van der Waals surface area (Å²) in [6.07, 6.45) is 1.66. The highest BCUT2D eigenvalue weighted by atomic mass is 32.2. The second-order valence-corrected chi connectivity index (χ2v) is 7.08. The molecule has 0 atom stereocenters. The third-order valence-electron chi connectivity index (χ3n) is 4.06. The Morgan fingerprint density at radius 3 is 2.46 bits per heavy atom. The van der Waals surface area contributed by atoms with Gasteiger partial charge in [0.05, 0.1) is 16.2 Å². The molecular weight excluding hydrogens is 342 g/mol. The summed E-state index contributed by atoms with van der Waals surface area (Å²) >= 11 is 6.46. The molecule has 0 unspecified atom stereocenters. The van der Waals surface area contributed by atoms with Crippen LogP contribution in [-0.2, 0) is 11.8 Å². The molecule has 1 aromatic carbocycles. The first-order valence-corrected chi connectivity index (χ1v) is 8.77. The molecule has 1 aromatic heterocycles. The molecule has 1 aliphatic heterocycles. The van der Waals surface area contributed by atoms with E-state index in [2.05, 4.69) is 0 Å². The van der Waals surface area contributed by atoms with Crippen LogP contribution in [0.3, 0.4) is 0 Å². The Morgan fingerprint density at radius 1 is 1.21 bits per heavy atom. The number of likely N-dealkylation sites (N-methyl/N-ethyl adjacent to an activating group) is 1. The molecule has 0 N–H and O–H groups in total. The molecule has 2 aromatic rings. The molecule has 5 nitrogen and oxygen atoms in total. The van der Waals surface area contributed by atoms with E-state index in [4.69, 9.17) is 12.2 Å². The normalized spacial score (nSPS) is 16.5. The first-order valence-electron chi connectivity index (χ1n) is 7.55. The number of benzene rings is 1. The summed E-state index contributed by atoms with van der Waals surface area (Å²) in [5, 5.41) is 0. The van der Waals surface area contributed by atoms with Gasteiger partial charge in [-0.3, -0.25) is 19.2 Å². The minimum atomic E-state index is -0.150. The highest BCUT2D eigenvalue weighted by Crippen LogP contribution is 2.32. The largest absolute Gasteiger partial charge is 0.293 e. The molecule has 3 rings (SSSR count). The highest BCUT2D eigenvalue weighted by molar-refractivity contribution is 8.26. The van der Waals surface area contributed by atoms with E-state index >= 15 is 0 Å². The molecule has 1 amide bonds. The SMILES string of the molecule is CCN1C(=O)/C(=C/c2c(C)n(C)n(-c3ccccc3)c2=O)SC1=S. The van der Waals surface area contributed by atoms with Crippen molar-refractivity contribution >= 4 is 40.3 Å². The number of thioether (sulfide) groups is 1. The van der Waals surface area contributed by atoms with E-state index in [1.165, 1.54) is 11.8 Å². The fourth-order valence-electron chi connectivity index (χ4n) is 2.66. The van der Waals surface area contributed by atoms with Gasteiger partial charge in [0.25, 0.3) is 11.5 Å². The second-order valence-electron chi connectivity index (χ2n) is 5.40. The topological polar surface area (TPSA) is 47.2 Å².